The fraction of sp³-hybridized carbons (Fsp3) is 0.150. The summed E-state index contributed by atoms with van der Waals surface area (Å²) in [5.74, 6) is 1.20. The van der Waals surface area contributed by atoms with E-state index >= 15 is 0 Å². The summed E-state index contributed by atoms with van der Waals surface area (Å²) in [6.45, 7) is 0.465. The number of likely N-dealkylation sites (N-methyl/N-ethyl adjacent to an activating group) is 1. The predicted octanol–water partition coefficient (Wildman–Crippen LogP) is 2.99. The van der Waals surface area contributed by atoms with Crippen LogP contribution in [-0.4, -0.2) is 45.1 Å². The van der Waals surface area contributed by atoms with Crippen molar-refractivity contribution in [3.63, 3.8) is 0 Å². The highest BCUT2D eigenvalue weighted by Crippen LogP contribution is 2.27. The summed E-state index contributed by atoms with van der Waals surface area (Å²) in [7, 11) is 1.85. The Hall–Kier alpha value is -3.45. The second-order valence-corrected chi connectivity index (χ2v) is 6.14. The van der Waals surface area contributed by atoms with Gasteiger partial charge < -0.3 is 15.3 Å². The summed E-state index contributed by atoms with van der Waals surface area (Å²) in [6, 6.07) is 19.7. The van der Waals surface area contributed by atoms with Crippen LogP contribution in [0.2, 0.25) is 0 Å². The molecule has 0 fully saturated rings. The van der Waals surface area contributed by atoms with E-state index in [1.54, 1.807) is 10.9 Å². The highest BCUT2D eigenvalue weighted by Gasteiger charge is 2.16. The van der Waals surface area contributed by atoms with Gasteiger partial charge in [-0.15, -0.1) is 0 Å². The molecule has 2 aromatic carbocycles. The fourth-order valence-corrected chi connectivity index (χ4v) is 2.83. The van der Waals surface area contributed by atoms with Crippen LogP contribution in [0.5, 0.6) is 0 Å². The van der Waals surface area contributed by atoms with E-state index in [0.717, 1.165) is 16.8 Å². The standard InChI is InChI=1S/C20H20N6O/c1-25(12-13-27)20-23-18(22-15-8-4-2-5-9-15)17-14-21-26(19(17)24-20)16-10-6-3-7-11-16/h2-11,14,27H,12-13H2,1H3,(H,22,23,24). The molecular formula is C20H20N6O. The fourth-order valence-electron chi connectivity index (χ4n) is 2.83. The topological polar surface area (TPSA) is 79.1 Å². The van der Waals surface area contributed by atoms with Crippen molar-refractivity contribution in [3.05, 3.63) is 66.9 Å². The molecule has 0 atom stereocenters. The van der Waals surface area contributed by atoms with Gasteiger partial charge >= 0.3 is 0 Å². The average Bonchev–Trinajstić information content (AvgIpc) is 3.14. The van der Waals surface area contributed by atoms with Gasteiger partial charge in [0.25, 0.3) is 0 Å². The van der Waals surface area contributed by atoms with Crippen LogP contribution in [0.1, 0.15) is 0 Å². The van der Waals surface area contributed by atoms with E-state index in [9.17, 15) is 5.11 Å². The molecule has 4 rings (SSSR count). The smallest absolute Gasteiger partial charge is 0.229 e. The number of rotatable bonds is 6. The van der Waals surface area contributed by atoms with Gasteiger partial charge in [-0.1, -0.05) is 36.4 Å². The lowest BCUT2D eigenvalue weighted by molar-refractivity contribution is 0.303. The van der Waals surface area contributed by atoms with Gasteiger partial charge in [0.2, 0.25) is 5.95 Å². The summed E-state index contributed by atoms with van der Waals surface area (Å²) in [6.07, 6.45) is 1.77. The molecule has 0 saturated heterocycles. The molecule has 7 nitrogen and oxygen atoms in total. The number of nitrogens with zero attached hydrogens (tertiary/aromatic N) is 5. The van der Waals surface area contributed by atoms with Gasteiger partial charge in [0.05, 0.1) is 23.9 Å². The number of anilines is 3. The highest BCUT2D eigenvalue weighted by molar-refractivity contribution is 5.90. The van der Waals surface area contributed by atoms with Crippen molar-refractivity contribution in [1.29, 1.82) is 0 Å². The van der Waals surface area contributed by atoms with Crippen molar-refractivity contribution in [2.45, 2.75) is 0 Å². The molecule has 0 unspecified atom stereocenters. The first-order valence-electron chi connectivity index (χ1n) is 8.71. The molecule has 2 heterocycles. The zero-order chi connectivity index (χ0) is 18.6. The Bertz CT molecular complexity index is 1030. The van der Waals surface area contributed by atoms with Gasteiger partial charge in [0.1, 0.15) is 5.82 Å². The summed E-state index contributed by atoms with van der Waals surface area (Å²) in [4.78, 5) is 11.2. The Morgan fingerprint density at radius 3 is 2.41 bits per heavy atom. The van der Waals surface area contributed by atoms with E-state index in [1.807, 2.05) is 72.6 Å². The van der Waals surface area contributed by atoms with Crippen LogP contribution in [0.3, 0.4) is 0 Å². The van der Waals surface area contributed by atoms with Gasteiger partial charge in [-0.05, 0) is 24.3 Å². The van der Waals surface area contributed by atoms with E-state index in [0.29, 0.717) is 24.0 Å². The number of aromatic nitrogens is 4. The summed E-state index contributed by atoms with van der Waals surface area (Å²) in [5.41, 5.74) is 2.56. The Morgan fingerprint density at radius 1 is 1.00 bits per heavy atom. The van der Waals surface area contributed by atoms with E-state index in [4.69, 9.17) is 4.98 Å². The van der Waals surface area contributed by atoms with Gasteiger partial charge in [-0.2, -0.15) is 15.1 Å². The number of hydrogen-bond donors (Lipinski definition) is 2. The maximum atomic E-state index is 9.28. The number of aliphatic hydroxyl groups is 1. The van der Waals surface area contributed by atoms with Crippen LogP contribution in [0.15, 0.2) is 66.9 Å². The second-order valence-electron chi connectivity index (χ2n) is 6.14. The molecule has 0 amide bonds. The Morgan fingerprint density at radius 2 is 1.70 bits per heavy atom. The van der Waals surface area contributed by atoms with Gasteiger partial charge in [0.15, 0.2) is 5.65 Å². The van der Waals surface area contributed by atoms with Gasteiger partial charge in [-0.3, -0.25) is 0 Å². The summed E-state index contributed by atoms with van der Waals surface area (Å²) in [5, 5.41) is 18.0. The normalized spacial score (nSPS) is 10.9. The largest absolute Gasteiger partial charge is 0.395 e. The van der Waals surface area contributed by atoms with Gasteiger partial charge in [-0.25, -0.2) is 4.68 Å². The number of para-hydroxylation sites is 2. The maximum Gasteiger partial charge on any atom is 0.229 e. The number of benzene rings is 2. The molecule has 0 spiro atoms. The molecule has 27 heavy (non-hydrogen) atoms. The summed E-state index contributed by atoms with van der Waals surface area (Å²) < 4.78 is 1.80. The Kier molecular flexibility index (Phi) is 4.67. The van der Waals surface area contributed by atoms with Crippen LogP contribution in [-0.2, 0) is 0 Å². The van der Waals surface area contributed by atoms with Crippen molar-refractivity contribution in [1.82, 2.24) is 19.7 Å². The van der Waals surface area contributed by atoms with Crippen LogP contribution < -0.4 is 10.2 Å². The lowest BCUT2D eigenvalue weighted by Gasteiger charge is -2.17. The van der Waals surface area contributed by atoms with Crippen molar-refractivity contribution < 1.29 is 5.11 Å². The van der Waals surface area contributed by atoms with E-state index < -0.39 is 0 Å². The minimum atomic E-state index is 0.0251. The Labute approximate surface area is 156 Å². The lowest BCUT2D eigenvalue weighted by atomic mass is 10.3. The van der Waals surface area contributed by atoms with Crippen molar-refractivity contribution in [3.8, 4) is 5.69 Å². The number of nitrogens with one attached hydrogen (secondary N) is 1. The third-order valence-electron chi connectivity index (χ3n) is 4.23. The zero-order valence-electron chi connectivity index (χ0n) is 14.9. The monoisotopic (exact) mass is 360 g/mol. The Balaban J connectivity index is 1.86. The van der Waals surface area contributed by atoms with Crippen molar-refractivity contribution >= 4 is 28.5 Å². The van der Waals surface area contributed by atoms with Crippen molar-refractivity contribution in [2.24, 2.45) is 0 Å². The third kappa shape index (κ3) is 3.45. The average molecular weight is 360 g/mol. The first-order chi connectivity index (χ1) is 13.3. The zero-order valence-corrected chi connectivity index (χ0v) is 14.9. The maximum absolute atomic E-state index is 9.28. The molecule has 2 N–H and O–H groups in total. The molecule has 4 aromatic rings. The van der Waals surface area contributed by atoms with Crippen LogP contribution in [0, 0.1) is 0 Å². The molecule has 0 radical (unpaired) electrons. The van der Waals surface area contributed by atoms with E-state index in [2.05, 4.69) is 15.4 Å². The first kappa shape index (κ1) is 17.0. The summed E-state index contributed by atoms with van der Waals surface area (Å²) >= 11 is 0. The molecule has 0 saturated carbocycles. The van der Waals surface area contributed by atoms with Crippen molar-refractivity contribution in [2.75, 3.05) is 30.4 Å². The van der Waals surface area contributed by atoms with Crippen LogP contribution >= 0.6 is 0 Å². The molecule has 136 valence electrons. The van der Waals surface area contributed by atoms with Crippen LogP contribution in [0.4, 0.5) is 17.5 Å². The molecule has 0 aliphatic rings. The van der Waals surface area contributed by atoms with E-state index in [1.165, 1.54) is 0 Å². The lowest BCUT2D eigenvalue weighted by Crippen LogP contribution is -2.23. The number of aliphatic hydroxyl groups excluding tert-OH is 1. The number of hydrogen-bond acceptors (Lipinski definition) is 6. The van der Waals surface area contributed by atoms with Crippen LogP contribution in [0.25, 0.3) is 16.7 Å². The predicted molar refractivity (Wildman–Crippen MR) is 107 cm³/mol. The highest BCUT2D eigenvalue weighted by atomic mass is 16.3. The molecule has 7 heteroatoms. The molecule has 0 aliphatic carbocycles. The second kappa shape index (κ2) is 7.43. The minimum absolute atomic E-state index is 0.0251. The molecule has 0 bridgehead atoms. The minimum Gasteiger partial charge on any atom is -0.395 e. The molecule has 0 aliphatic heterocycles. The quantitative estimate of drug-likeness (QED) is 0.550. The number of fused-ring (bicyclic) bond motifs is 1. The van der Waals surface area contributed by atoms with E-state index in [-0.39, 0.29) is 6.61 Å². The molecule has 2 aromatic heterocycles. The third-order valence-corrected chi connectivity index (χ3v) is 4.23. The first-order valence-corrected chi connectivity index (χ1v) is 8.71. The van der Waals surface area contributed by atoms with Gasteiger partial charge in [0, 0.05) is 19.3 Å². The SMILES string of the molecule is CN(CCO)c1nc(Nc2ccccc2)c2cnn(-c3ccccc3)c2n1. The molecular weight excluding hydrogens is 340 g/mol.